The van der Waals surface area contributed by atoms with E-state index in [9.17, 15) is 41.3 Å². The fourth-order valence-corrected chi connectivity index (χ4v) is 2.98. The molecule has 0 fully saturated rings. The van der Waals surface area contributed by atoms with E-state index in [1.165, 1.54) is 12.1 Å². The summed E-state index contributed by atoms with van der Waals surface area (Å²) in [6.45, 7) is -0.446. The molecule has 0 aliphatic carbocycles. The summed E-state index contributed by atoms with van der Waals surface area (Å²) in [4.78, 5) is 25.8. The van der Waals surface area contributed by atoms with Gasteiger partial charge in [0.1, 0.15) is 11.5 Å². The normalized spacial score (nSPS) is 12.1. The molecule has 0 saturated carbocycles. The van der Waals surface area contributed by atoms with Crippen molar-refractivity contribution in [3.8, 4) is 11.4 Å². The molecule has 168 valence electrons. The van der Waals surface area contributed by atoms with Crippen molar-refractivity contribution in [2.24, 2.45) is 0 Å². The molecule has 1 aromatic heterocycles. The van der Waals surface area contributed by atoms with Gasteiger partial charge in [-0.1, -0.05) is 30.3 Å². The molecular formula is C19H12F6N4O3. The maximum Gasteiger partial charge on any atom is 0.435 e. The lowest BCUT2D eigenvalue weighted by molar-refractivity contribution is -0.385. The Morgan fingerprint density at radius 3 is 2.16 bits per heavy atom. The summed E-state index contributed by atoms with van der Waals surface area (Å²) in [5, 5.41) is 10.9. The fourth-order valence-electron chi connectivity index (χ4n) is 2.98. The maximum atomic E-state index is 13.7. The molecule has 1 heterocycles. The SMILES string of the molecule is Nc1c(C(F)(F)F)nc(-c2ccc([N+](=O)[O-])cc2C(F)(F)F)n(Cc2ccccc2)c1=O. The summed E-state index contributed by atoms with van der Waals surface area (Å²) in [6, 6.07) is 9.13. The second-order valence-corrected chi connectivity index (χ2v) is 6.56. The second kappa shape index (κ2) is 7.98. The van der Waals surface area contributed by atoms with Crippen LogP contribution in [0.1, 0.15) is 16.8 Å². The zero-order chi connectivity index (χ0) is 23.8. The minimum Gasteiger partial charge on any atom is -0.392 e. The number of nitrogen functional groups attached to an aromatic ring is 1. The Hall–Kier alpha value is -3.90. The highest BCUT2D eigenvalue weighted by Gasteiger charge is 2.40. The van der Waals surface area contributed by atoms with Gasteiger partial charge in [0.25, 0.3) is 11.2 Å². The lowest BCUT2D eigenvalue weighted by Crippen LogP contribution is -2.31. The molecule has 13 heteroatoms. The number of nitro groups is 1. The number of anilines is 1. The van der Waals surface area contributed by atoms with Gasteiger partial charge in [-0.2, -0.15) is 26.3 Å². The van der Waals surface area contributed by atoms with Gasteiger partial charge in [-0.05, 0) is 11.6 Å². The largest absolute Gasteiger partial charge is 0.435 e. The zero-order valence-corrected chi connectivity index (χ0v) is 15.7. The number of halogens is 6. The van der Waals surface area contributed by atoms with Crippen LogP contribution in [0.25, 0.3) is 11.4 Å². The zero-order valence-electron chi connectivity index (χ0n) is 15.7. The van der Waals surface area contributed by atoms with E-state index >= 15 is 0 Å². The molecule has 3 rings (SSSR count). The first-order valence-corrected chi connectivity index (χ1v) is 8.68. The minimum atomic E-state index is -5.23. The third kappa shape index (κ3) is 4.40. The van der Waals surface area contributed by atoms with Crippen LogP contribution < -0.4 is 11.3 Å². The van der Waals surface area contributed by atoms with Gasteiger partial charge < -0.3 is 5.73 Å². The topological polar surface area (TPSA) is 104 Å². The van der Waals surface area contributed by atoms with Crippen LogP contribution in [0.15, 0.2) is 53.3 Å². The molecule has 2 N–H and O–H groups in total. The number of nitrogens with zero attached hydrogens (tertiary/aromatic N) is 3. The first-order valence-electron chi connectivity index (χ1n) is 8.68. The summed E-state index contributed by atoms with van der Waals surface area (Å²) in [5.41, 5.74) is -2.35. The Morgan fingerprint density at radius 1 is 1.00 bits per heavy atom. The molecule has 2 aromatic carbocycles. The van der Waals surface area contributed by atoms with Crippen molar-refractivity contribution in [2.45, 2.75) is 18.9 Å². The average Bonchev–Trinajstić information content (AvgIpc) is 2.70. The number of benzene rings is 2. The number of aromatic nitrogens is 2. The number of nitro benzene ring substituents is 1. The van der Waals surface area contributed by atoms with Crippen LogP contribution in [0.3, 0.4) is 0 Å². The molecule has 7 nitrogen and oxygen atoms in total. The monoisotopic (exact) mass is 458 g/mol. The number of non-ortho nitro benzene ring substituents is 1. The van der Waals surface area contributed by atoms with Crippen LogP contribution in [0.4, 0.5) is 37.7 Å². The predicted molar refractivity (Wildman–Crippen MR) is 101 cm³/mol. The van der Waals surface area contributed by atoms with Crippen LogP contribution in [0.5, 0.6) is 0 Å². The lowest BCUT2D eigenvalue weighted by atomic mass is 10.0. The van der Waals surface area contributed by atoms with Crippen LogP contribution in [-0.2, 0) is 18.9 Å². The van der Waals surface area contributed by atoms with Crippen molar-refractivity contribution >= 4 is 11.4 Å². The van der Waals surface area contributed by atoms with E-state index in [1.54, 1.807) is 18.2 Å². The van der Waals surface area contributed by atoms with Gasteiger partial charge in [-0.25, -0.2) is 4.98 Å². The number of hydrogen-bond donors (Lipinski definition) is 1. The Kier molecular flexibility index (Phi) is 5.68. The highest BCUT2D eigenvalue weighted by atomic mass is 19.4. The summed E-state index contributed by atoms with van der Waals surface area (Å²) < 4.78 is 81.7. The number of hydrogen-bond acceptors (Lipinski definition) is 5. The number of rotatable bonds is 4. The maximum absolute atomic E-state index is 13.7. The first-order chi connectivity index (χ1) is 14.8. The molecule has 0 spiro atoms. The van der Waals surface area contributed by atoms with Crippen molar-refractivity contribution < 1.29 is 31.3 Å². The van der Waals surface area contributed by atoms with Crippen LogP contribution >= 0.6 is 0 Å². The van der Waals surface area contributed by atoms with Gasteiger partial charge in [0.15, 0.2) is 5.69 Å². The lowest BCUT2D eigenvalue weighted by Gasteiger charge is -2.19. The second-order valence-electron chi connectivity index (χ2n) is 6.56. The van der Waals surface area contributed by atoms with E-state index < -0.39 is 63.4 Å². The van der Waals surface area contributed by atoms with Crippen LogP contribution in [0, 0.1) is 10.1 Å². The van der Waals surface area contributed by atoms with Gasteiger partial charge in [0.2, 0.25) is 0 Å². The van der Waals surface area contributed by atoms with E-state index in [4.69, 9.17) is 5.73 Å². The molecule has 32 heavy (non-hydrogen) atoms. The highest BCUT2D eigenvalue weighted by molar-refractivity contribution is 5.66. The molecule has 0 atom stereocenters. The Morgan fingerprint density at radius 2 is 1.62 bits per heavy atom. The van der Waals surface area contributed by atoms with Crippen molar-refractivity contribution in [3.05, 3.63) is 85.8 Å². The molecule has 0 aliphatic heterocycles. The molecule has 0 radical (unpaired) electrons. The Balaban J connectivity index is 2.40. The molecule has 0 aliphatic rings. The molecule has 0 saturated heterocycles. The Labute approximate surface area is 174 Å². The van der Waals surface area contributed by atoms with Gasteiger partial charge in [0.05, 0.1) is 17.0 Å². The van der Waals surface area contributed by atoms with E-state index in [1.807, 2.05) is 0 Å². The molecule has 0 unspecified atom stereocenters. The third-order valence-corrected chi connectivity index (χ3v) is 4.42. The van der Waals surface area contributed by atoms with E-state index in [0.29, 0.717) is 22.3 Å². The predicted octanol–water partition coefficient (Wildman–Crippen LogP) is 4.49. The van der Waals surface area contributed by atoms with Gasteiger partial charge in [0, 0.05) is 17.7 Å². The van der Waals surface area contributed by atoms with Crippen molar-refractivity contribution in [1.29, 1.82) is 0 Å². The van der Waals surface area contributed by atoms with Gasteiger partial charge >= 0.3 is 12.4 Å². The summed E-state index contributed by atoms with van der Waals surface area (Å²) in [7, 11) is 0. The highest BCUT2D eigenvalue weighted by Crippen LogP contribution is 2.40. The van der Waals surface area contributed by atoms with E-state index in [2.05, 4.69) is 4.98 Å². The molecular weight excluding hydrogens is 446 g/mol. The summed E-state index contributed by atoms with van der Waals surface area (Å²) >= 11 is 0. The van der Waals surface area contributed by atoms with Gasteiger partial charge in [-0.15, -0.1) is 0 Å². The van der Waals surface area contributed by atoms with Gasteiger partial charge in [-0.3, -0.25) is 19.5 Å². The molecule has 3 aromatic rings. The van der Waals surface area contributed by atoms with Crippen LogP contribution in [0.2, 0.25) is 0 Å². The molecule has 0 bridgehead atoms. The summed E-state index contributed by atoms with van der Waals surface area (Å²) in [5.74, 6) is -0.984. The van der Waals surface area contributed by atoms with Crippen LogP contribution in [-0.4, -0.2) is 14.5 Å². The fraction of sp³-hybridized carbons (Fsp3) is 0.158. The van der Waals surface area contributed by atoms with Crippen molar-refractivity contribution in [1.82, 2.24) is 9.55 Å². The minimum absolute atomic E-state index is 0.165. The molecule has 0 amide bonds. The first kappa shape index (κ1) is 22.8. The van der Waals surface area contributed by atoms with E-state index in [0.717, 1.165) is 0 Å². The summed E-state index contributed by atoms with van der Waals surface area (Å²) in [6.07, 6.45) is -10.4. The Bertz CT molecular complexity index is 1240. The van der Waals surface area contributed by atoms with Crippen molar-refractivity contribution in [2.75, 3.05) is 5.73 Å². The van der Waals surface area contributed by atoms with E-state index in [-0.39, 0.29) is 6.07 Å². The third-order valence-electron chi connectivity index (χ3n) is 4.42. The quantitative estimate of drug-likeness (QED) is 0.353. The standard InChI is InChI=1S/C19H12F6N4O3/c20-18(21,22)13-8-11(29(31)32)6-7-12(13)16-27-15(19(23,24)25)14(26)17(30)28(16)9-10-4-2-1-3-5-10/h1-8H,9,26H2. The average molecular weight is 458 g/mol. The number of nitrogens with two attached hydrogens (primary N) is 1. The number of alkyl halides is 6. The van der Waals surface area contributed by atoms with Crippen molar-refractivity contribution in [3.63, 3.8) is 0 Å². The smallest absolute Gasteiger partial charge is 0.392 e.